The van der Waals surface area contributed by atoms with Crippen LogP contribution in [-0.4, -0.2) is 24.9 Å². The number of anilines is 2. The Balaban J connectivity index is 2.06. The molecule has 20 heavy (non-hydrogen) atoms. The number of ether oxygens (including phenoxy) is 1. The van der Waals surface area contributed by atoms with Crippen LogP contribution in [0.3, 0.4) is 0 Å². The average molecular weight is 272 g/mol. The Morgan fingerprint density at radius 2 is 1.95 bits per heavy atom. The number of hydrogen-bond acceptors (Lipinski definition) is 4. The zero-order valence-corrected chi connectivity index (χ0v) is 11.5. The lowest BCUT2D eigenvalue weighted by atomic mass is 10.1. The molecule has 4 heteroatoms. The van der Waals surface area contributed by atoms with E-state index in [1.807, 2.05) is 42.5 Å². The molecular weight excluding hydrogens is 252 g/mol. The summed E-state index contributed by atoms with van der Waals surface area (Å²) in [5.74, 6) is 0.631. The molecule has 0 fully saturated rings. The molecule has 2 aromatic rings. The summed E-state index contributed by atoms with van der Waals surface area (Å²) in [6, 6.07) is 15.5. The van der Waals surface area contributed by atoms with Gasteiger partial charge in [-0.15, -0.1) is 0 Å². The molecule has 0 heterocycles. The molecule has 0 bridgehead atoms. The number of nitrogen functional groups attached to an aromatic ring is 1. The largest absolute Gasteiger partial charge is 0.495 e. The van der Waals surface area contributed by atoms with Crippen molar-refractivity contribution in [2.45, 2.75) is 12.5 Å². The van der Waals surface area contributed by atoms with Crippen molar-refractivity contribution in [2.24, 2.45) is 0 Å². The number of hydrogen-bond donors (Lipinski definition) is 3. The van der Waals surface area contributed by atoms with Gasteiger partial charge in [0, 0.05) is 11.8 Å². The first kappa shape index (κ1) is 14.2. The molecule has 0 saturated carbocycles. The molecule has 0 saturated heterocycles. The topological polar surface area (TPSA) is 67.5 Å². The van der Waals surface area contributed by atoms with Crippen molar-refractivity contribution in [1.29, 1.82) is 0 Å². The highest BCUT2D eigenvalue weighted by Gasteiger charge is 2.09. The summed E-state index contributed by atoms with van der Waals surface area (Å²) in [6.45, 7) is 0.0571. The van der Waals surface area contributed by atoms with Crippen molar-refractivity contribution in [2.75, 3.05) is 24.8 Å². The lowest BCUT2D eigenvalue weighted by molar-refractivity contribution is 0.273. The molecule has 106 valence electrons. The lowest BCUT2D eigenvalue weighted by Crippen LogP contribution is -2.26. The maximum atomic E-state index is 9.51. The number of rotatable bonds is 6. The Hall–Kier alpha value is -2.20. The van der Waals surface area contributed by atoms with Gasteiger partial charge >= 0.3 is 0 Å². The molecule has 0 amide bonds. The quantitative estimate of drug-likeness (QED) is 0.706. The van der Waals surface area contributed by atoms with E-state index >= 15 is 0 Å². The van der Waals surface area contributed by atoms with Crippen LogP contribution in [0.2, 0.25) is 0 Å². The standard InChI is InChI=1S/C16H20N2O2/c1-20-16-10-13(7-8-15(16)17)18-14(11-19)9-12-5-3-2-4-6-12/h2-8,10,14,18-19H,9,11,17H2,1H3. The predicted molar refractivity (Wildman–Crippen MR) is 82.0 cm³/mol. The van der Waals surface area contributed by atoms with Gasteiger partial charge in [0.2, 0.25) is 0 Å². The molecule has 2 aromatic carbocycles. The number of methoxy groups -OCH3 is 1. The molecule has 4 N–H and O–H groups in total. The molecule has 1 unspecified atom stereocenters. The molecular formula is C16H20N2O2. The summed E-state index contributed by atoms with van der Waals surface area (Å²) in [6.07, 6.45) is 0.754. The summed E-state index contributed by atoms with van der Waals surface area (Å²) < 4.78 is 5.19. The third-order valence-electron chi connectivity index (χ3n) is 3.15. The Morgan fingerprint density at radius 1 is 1.20 bits per heavy atom. The van der Waals surface area contributed by atoms with Crippen molar-refractivity contribution in [3.63, 3.8) is 0 Å². The monoisotopic (exact) mass is 272 g/mol. The fourth-order valence-corrected chi connectivity index (χ4v) is 2.10. The maximum Gasteiger partial charge on any atom is 0.143 e. The first-order valence-electron chi connectivity index (χ1n) is 6.57. The van der Waals surface area contributed by atoms with Crippen LogP contribution in [0.25, 0.3) is 0 Å². The molecule has 0 spiro atoms. The fraction of sp³-hybridized carbons (Fsp3) is 0.250. The van der Waals surface area contributed by atoms with E-state index in [2.05, 4.69) is 5.32 Å². The van der Waals surface area contributed by atoms with Gasteiger partial charge in [-0.05, 0) is 24.1 Å². The molecule has 0 aliphatic carbocycles. The second-order valence-corrected chi connectivity index (χ2v) is 4.67. The highest BCUT2D eigenvalue weighted by Crippen LogP contribution is 2.25. The molecule has 0 aromatic heterocycles. The van der Waals surface area contributed by atoms with E-state index in [4.69, 9.17) is 10.5 Å². The Bertz CT molecular complexity index is 543. The SMILES string of the molecule is COc1cc(NC(CO)Cc2ccccc2)ccc1N. The van der Waals surface area contributed by atoms with Crippen LogP contribution in [0.15, 0.2) is 48.5 Å². The highest BCUT2D eigenvalue weighted by atomic mass is 16.5. The van der Waals surface area contributed by atoms with Crippen LogP contribution in [0.4, 0.5) is 11.4 Å². The minimum Gasteiger partial charge on any atom is -0.495 e. The third-order valence-corrected chi connectivity index (χ3v) is 3.15. The molecule has 0 radical (unpaired) electrons. The van der Waals surface area contributed by atoms with Crippen molar-refractivity contribution in [3.8, 4) is 5.75 Å². The van der Waals surface area contributed by atoms with Crippen LogP contribution in [0.5, 0.6) is 5.75 Å². The fourth-order valence-electron chi connectivity index (χ4n) is 2.10. The maximum absolute atomic E-state index is 9.51. The number of aliphatic hydroxyl groups is 1. The normalized spacial score (nSPS) is 11.9. The molecule has 1 atom stereocenters. The van der Waals surface area contributed by atoms with Gasteiger partial charge in [0.15, 0.2) is 0 Å². The number of benzene rings is 2. The van der Waals surface area contributed by atoms with Crippen LogP contribution in [0, 0.1) is 0 Å². The zero-order valence-electron chi connectivity index (χ0n) is 11.5. The minimum atomic E-state index is -0.0502. The number of aliphatic hydroxyl groups excluding tert-OH is 1. The zero-order chi connectivity index (χ0) is 14.4. The van der Waals surface area contributed by atoms with Crippen molar-refractivity contribution in [1.82, 2.24) is 0 Å². The van der Waals surface area contributed by atoms with Gasteiger partial charge in [0.1, 0.15) is 5.75 Å². The van der Waals surface area contributed by atoms with Gasteiger partial charge in [-0.2, -0.15) is 0 Å². The molecule has 0 aliphatic heterocycles. The van der Waals surface area contributed by atoms with Crippen LogP contribution >= 0.6 is 0 Å². The van der Waals surface area contributed by atoms with E-state index in [1.165, 1.54) is 5.56 Å². The van der Waals surface area contributed by atoms with Gasteiger partial charge < -0.3 is 20.9 Å². The third kappa shape index (κ3) is 3.65. The van der Waals surface area contributed by atoms with Gasteiger partial charge in [0.25, 0.3) is 0 Å². The van der Waals surface area contributed by atoms with Gasteiger partial charge in [-0.25, -0.2) is 0 Å². The number of nitrogens with two attached hydrogens (primary N) is 1. The number of nitrogens with one attached hydrogen (secondary N) is 1. The smallest absolute Gasteiger partial charge is 0.143 e. The van der Waals surface area contributed by atoms with Gasteiger partial charge in [0.05, 0.1) is 25.4 Å². The second-order valence-electron chi connectivity index (χ2n) is 4.67. The van der Waals surface area contributed by atoms with Gasteiger partial charge in [-0.3, -0.25) is 0 Å². The highest BCUT2D eigenvalue weighted by molar-refractivity contribution is 5.61. The van der Waals surface area contributed by atoms with Crippen molar-refractivity contribution < 1.29 is 9.84 Å². The molecule has 2 rings (SSSR count). The Labute approximate surface area is 119 Å². The van der Waals surface area contributed by atoms with Crippen LogP contribution < -0.4 is 15.8 Å². The van der Waals surface area contributed by atoms with E-state index < -0.39 is 0 Å². The van der Waals surface area contributed by atoms with E-state index in [0.717, 1.165) is 12.1 Å². The first-order chi connectivity index (χ1) is 9.72. The van der Waals surface area contributed by atoms with Crippen LogP contribution in [-0.2, 0) is 6.42 Å². The van der Waals surface area contributed by atoms with Gasteiger partial charge in [-0.1, -0.05) is 30.3 Å². The summed E-state index contributed by atoms with van der Waals surface area (Å²) >= 11 is 0. The first-order valence-corrected chi connectivity index (χ1v) is 6.57. The summed E-state index contributed by atoms with van der Waals surface area (Å²) in [7, 11) is 1.59. The second kappa shape index (κ2) is 6.82. The Morgan fingerprint density at radius 3 is 2.60 bits per heavy atom. The Kier molecular flexibility index (Phi) is 4.85. The van der Waals surface area contributed by atoms with E-state index in [9.17, 15) is 5.11 Å². The minimum absolute atomic E-state index is 0.0502. The summed E-state index contributed by atoms with van der Waals surface area (Å²) in [4.78, 5) is 0. The van der Waals surface area contributed by atoms with Crippen molar-refractivity contribution in [3.05, 3.63) is 54.1 Å². The summed E-state index contributed by atoms with van der Waals surface area (Å²) in [5.41, 5.74) is 8.45. The predicted octanol–water partition coefficient (Wildman–Crippen LogP) is 2.29. The van der Waals surface area contributed by atoms with E-state index in [-0.39, 0.29) is 12.6 Å². The van der Waals surface area contributed by atoms with E-state index in [0.29, 0.717) is 11.4 Å². The average Bonchev–Trinajstić information content (AvgIpc) is 2.49. The van der Waals surface area contributed by atoms with Crippen LogP contribution in [0.1, 0.15) is 5.56 Å². The lowest BCUT2D eigenvalue weighted by Gasteiger charge is -2.18. The molecule has 0 aliphatic rings. The summed E-state index contributed by atoms with van der Waals surface area (Å²) in [5, 5.41) is 12.8. The van der Waals surface area contributed by atoms with E-state index in [1.54, 1.807) is 13.2 Å². The van der Waals surface area contributed by atoms with Crippen molar-refractivity contribution >= 4 is 11.4 Å². The molecule has 4 nitrogen and oxygen atoms in total.